The summed E-state index contributed by atoms with van der Waals surface area (Å²) in [7, 11) is 0. The first-order chi connectivity index (χ1) is 8.19. The third kappa shape index (κ3) is 4.85. The van der Waals surface area contributed by atoms with Crippen molar-refractivity contribution in [3.8, 4) is 0 Å². The summed E-state index contributed by atoms with van der Waals surface area (Å²) in [6.07, 6.45) is -5.71. The Bertz CT molecular complexity index is 440. The van der Waals surface area contributed by atoms with Crippen LogP contribution in [0.5, 0.6) is 0 Å². The number of aryl methyl sites for hydroxylation is 1. The summed E-state index contributed by atoms with van der Waals surface area (Å²) in [6.45, 7) is 0.210. The smallest absolute Gasteiger partial charge is 0.422 e. The molecule has 1 rings (SSSR count). The van der Waals surface area contributed by atoms with Crippen molar-refractivity contribution in [2.75, 3.05) is 11.9 Å². The summed E-state index contributed by atoms with van der Waals surface area (Å²) >= 11 is 6.39. The van der Waals surface area contributed by atoms with E-state index in [4.69, 9.17) is 0 Å². The number of rotatable bonds is 2. The number of alkyl halides is 3. The largest absolute Gasteiger partial charge is 0.440 e. The maximum absolute atomic E-state index is 11.8. The second-order valence-corrected chi connectivity index (χ2v) is 5.13. The van der Waals surface area contributed by atoms with Crippen LogP contribution in [0.25, 0.3) is 0 Å². The predicted octanol–water partition coefficient (Wildman–Crippen LogP) is 4.63. The number of halogens is 5. The Labute approximate surface area is 118 Å². The summed E-state index contributed by atoms with van der Waals surface area (Å²) in [5.41, 5.74) is 1.23. The van der Waals surface area contributed by atoms with Crippen molar-refractivity contribution in [3.63, 3.8) is 0 Å². The van der Waals surface area contributed by atoms with Crippen molar-refractivity contribution in [3.05, 3.63) is 26.6 Å². The number of carbonyl (C=O) groups is 1. The molecule has 0 heterocycles. The molecule has 100 valence electrons. The number of nitrogens with one attached hydrogen (secondary N) is 1. The molecular weight excluding hydrogens is 383 g/mol. The first-order valence-electron chi connectivity index (χ1n) is 4.65. The summed E-state index contributed by atoms with van der Waals surface area (Å²) in [5, 5.41) is 2.22. The topological polar surface area (TPSA) is 38.3 Å². The van der Waals surface area contributed by atoms with Crippen molar-refractivity contribution in [2.24, 2.45) is 0 Å². The lowest BCUT2D eigenvalue weighted by Crippen LogP contribution is -2.23. The SMILES string of the molecule is Cc1cc(Br)c(NC(=O)OCC(F)(F)F)c(Br)c1. The molecule has 0 saturated carbocycles. The molecule has 0 atom stereocenters. The summed E-state index contributed by atoms with van der Waals surface area (Å²) < 4.78 is 40.6. The van der Waals surface area contributed by atoms with E-state index in [0.717, 1.165) is 5.56 Å². The molecule has 0 bridgehead atoms. The van der Waals surface area contributed by atoms with Crippen molar-refractivity contribution in [1.82, 2.24) is 0 Å². The van der Waals surface area contributed by atoms with Gasteiger partial charge in [-0.25, -0.2) is 4.79 Å². The molecule has 0 unspecified atom stereocenters. The van der Waals surface area contributed by atoms with E-state index in [9.17, 15) is 18.0 Å². The number of anilines is 1. The molecule has 0 fully saturated rings. The van der Waals surface area contributed by atoms with E-state index in [1.807, 2.05) is 6.92 Å². The van der Waals surface area contributed by atoms with Gasteiger partial charge in [0.1, 0.15) is 0 Å². The zero-order valence-corrected chi connectivity index (χ0v) is 12.2. The summed E-state index contributed by atoms with van der Waals surface area (Å²) in [5.74, 6) is 0. The molecule has 0 radical (unpaired) electrons. The number of benzene rings is 1. The number of amides is 1. The van der Waals surface area contributed by atoms with E-state index < -0.39 is 18.9 Å². The Hall–Kier alpha value is -0.760. The number of ether oxygens (including phenoxy) is 1. The van der Waals surface area contributed by atoms with Crippen molar-refractivity contribution < 1.29 is 22.7 Å². The monoisotopic (exact) mass is 389 g/mol. The van der Waals surface area contributed by atoms with Gasteiger partial charge >= 0.3 is 12.3 Å². The fourth-order valence-corrected chi connectivity index (χ4v) is 2.72. The Morgan fingerprint density at radius 1 is 1.33 bits per heavy atom. The minimum Gasteiger partial charge on any atom is -0.440 e. The second kappa shape index (κ2) is 5.92. The minimum atomic E-state index is -4.54. The Morgan fingerprint density at radius 3 is 2.28 bits per heavy atom. The van der Waals surface area contributed by atoms with E-state index in [2.05, 4.69) is 41.9 Å². The average molecular weight is 391 g/mol. The zero-order valence-electron chi connectivity index (χ0n) is 9.07. The summed E-state index contributed by atoms with van der Waals surface area (Å²) in [4.78, 5) is 11.2. The third-order valence-corrected chi connectivity index (χ3v) is 3.03. The highest BCUT2D eigenvalue weighted by Gasteiger charge is 2.29. The van der Waals surface area contributed by atoms with Crippen molar-refractivity contribution in [2.45, 2.75) is 13.1 Å². The van der Waals surface area contributed by atoms with Gasteiger partial charge in [-0.05, 0) is 56.5 Å². The van der Waals surface area contributed by atoms with Crippen LogP contribution >= 0.6 is 31.9 Å². The van der Waals surface area contributed by atoms with Gasteiger partial charge < -0.3 is 4.74 Å². The molecule has 0 saturated heterocycles. The van der Waals surface area contributed by atoms with Crippen LogP contribution in [0.4, 0.5) is 23.7 Å². The molecule has 0 aliphatic carbocycles. The maximum Gasteiger partial charge on any atom is 0.422 e. The molecular formula is C10H8Br2F3NO2. The van der Waals surface area contributed by atoms with Gasteiger partial charge in [-0.1, -0.05) is 0 Å². The van der Waals surface area contributed by atoms with Crippen LogP contribution in [0.3, 0.4) is 0 Å². The van der Waals surface area contributed by atoms with Crippen LogP contribution < -0.4 is 5.32 Å². The lowest BCUT2D eigenvalue weighted by Gasteiger charge is -2.12. The van der Waals surface area contributed by atoms with Crippen LogP contribution in [-0.2, 0) is 4.74 Å². The number of hydrogen-bond acceptors (Lipinski definition) is 2. The van der Waals surface area contributed by atoms with E-state index in [0.29, 0.717) is 14.6 Å². The van der Waals surface area contributed by atoms with E-state index in [1.165, 1.54) is 0 Å². The van der Waals surface area contributed by atoms with Crippen molar-refractivity contribution in [1.29, 1.82) is 0 Å². The molecule has 1 N–H and O–H groups in total. The van der Waals surface area contributed by atoms with E-state index in [1.54, 1.807) is 12.1 Å². The molecule has 3 nitrogen and oxygen atoms in total. The van der Waals surface area contributed by atoms with Crippen molar-refractivity contribution >= 4 is 43.6 Å². The number of carbonyl (C=O) groups excluding carboxylic acids is 1. The zero-order chi connectivity index (χ0) is 13.9. The molecule has 1 aromatic rings. The lowest BCUT2D eigenvalue weighted by molar-refractivity contribution is -0.159. The quantitative estimate of drug-likeness (QED) is 0.799. The fraction of sp³-hybridized carbons (Fsp3) is 0.300. The van der Waals surface area contributed by atoms with Gasteiger partial charge in [0.2, 0.25) is 0 Å². The molecule has 0 aliphatic heterocycles. The molecule has 1 aromatic carbocycles. The van der Waals surface area contributed by atoms with Gasteiger partial charge in [-0.15, -0.1) is 0 Å². The Morgan fingerprint density at radius 2 is 1.83 bits per heavy atom. The Kier molecular flexibility index (Phi) is 5.03. The van der Waals surface area contributed by atoms with Gasteiger partial charge in [0.25, 0.3) is 0 Å². The van der Waals surface area contributed by atoms with Gasteiger partial charge in [0.15, 0.2) is 6.61 Å². The molecule has 1 amide bonds. The number of hydrogen-bond donors (Lipinski definition) is 1. The first kappa shape index (κ1) is 15.3. The average Bonchev–Trinajstić information content (AvgIpc) is 2.19. The highest BCUT2D eigenvalue weighted by atomic mass is 79.9. The van der Waals surface area contributed by atoms with Crippen LogP contribution in [0.15, 0.2) is 21.1 Å². The molecule has 8 heteroatoms. The molecule has 0 aromatic heterocycles. The highest BCUT2D eigenvalue weighted by Crippen LogP contribution is 2.32. The fourth-order valence-electron chi connectivity index (χ4n) is 1.10. The second-order valence-electron chi connectivity index (χ2n) is 3.42. The molecule has 18 heavy (non-hydrogen) atoms. The van der Waals surface area contributed by atoms with Crippen LogP contribution in [-0.4, -0.2) is 18.9 Å². The van der Waals surface area contributed by atoms with Gasteiger partial charge in [-0.2, -0.15) is 13.2 Å². The third-order valence-electron chi connectivity index (χ3n) is 1.78. The van der Waals surface area contributed by atoms with Crippen LogP contribution in [0.2, 0.25) is 0 Å². The van der Waals surface area contributed by atoms with E-state index >= 15 is 0 Å². The summed E-state index contributed by atoms with van der Waals surface area (Å²) in [6, 6.07) is 3.42. The van der Waals surface area contributed by atoms with Gasteiger partial charge in [-0.3, -0.25) is 5.32 Å². The molecule has 0 spiro atoms. The highest BCUT2D eigenvalue weighted by molar-refractivity contribution is 9.11. The van der Waals surface area contributed by atoms with Crippen LogP contribution in [0.1, 0.15) is 5.56 Å². The first-order valence-corrected chi connectivity index (χ1v) is 6.24. The lowest BCUT2D eigenvalue weighted by atomic mass is 10.2. The van der Waals surface area contributed by atoms with E-state index in [-0.39, 0.29) is 0 Å². The predicted molar refractivity (Wildman–Crippen MR) is 67.6 cm³/mol. The standard InChI is InChI=1S/C10H8Br2F3NO2/c1-5-2-6(11)8(7(12)3-5)16-9(17)18-4-10(13,14)15/h2-3H,4H2,1H3,(H,16,17). The van der Waals surface area contributed by atoms with Gasteiger partial charge in [0, 0.05) is 8.95 Å². The maximum atomic E-state index is 11.8. The normalized spacial score (nSPS) is 11.2. The minimum absolute atomic E-state index is 0.313. The van der Waals surface area contributed by atoms with Crippen LogP contribution in [0, 0.1) is 6.92 Å². The Balaban J connectivity index is 2.71. The van der Waals surface area contributed by atoms with Gasteiger partial charge in [0.05, 0.1) is 5.69 Å². The molecule has 0 aliphatic rings.